The van der Waals surface area contributed by atoms with E-state index in [4.69, 9.17) is 4.74 Å². The predicted octanol–water partition coefficient (Wildman–Crippen LogP) is 2.73. The van der Waals surface area contributed by atoms with Crippen molar-refractivity contribution in [2.24, 2.45) is 0 Å². The zero-order chi connectivity index (χ0) is 19.1. The molecule has 0 saturated heterocycles. The summed E-state index contributed by atoms with van der Waals surface area (Å²) in [5, 5.41) is 12.0. The summed E-state index contributed by atoms with van der Waals surface area (Å²) in [6, 6.07) is 7.38. The number of benzene rings is 1. The van der Waals surface area contributed by atoms with E-state index in [1.54, 1.807) is 4.68 Å². The molecule has 0 aliphatic carbocycles. The van der Waals surface area contributed by atoms with Crippen LogP contribution in [0, 0.1) is 0 Å². The predicted molar refractivity (Wildman–Crippen MR) is 97.8 cm³/mol. The second-order valence-corrected chi connectivity index (χ2v) is 8.54. The molecule has 1 atom stereocenters. The summed E-state index contributed by atoms with van der Waals surface area (Å²) < 4.78 is 7.76. The Morgan fingerprint density at radius 2 is 1.96 bits per heavy atom. The molecular formula is C19H27N5O2. The Balaban J connectivity index is 1.91. The Labute approximate surface area is 154 Å². The Bertz CT molecular complexity index is 806. The van der Waals surface area contributed by atoms with Crippen LogP contribution in [0.2, 0.25) is 0 Å². The number of fused-ring (bicyclic) bond motifs is 1. The zero-order valence-electron chi connectivity index (χ0n) is 16.4. The molecule has 1 aliphatic heterocycles. The van der Waals surface area contributed by atoms with Gasteiger partial charge in [0.15, 0.2) is 5.82 Å². The number of amides is 1. The van der Waals surface area contributed by atoms with Gasteiger partial charge in [0.25, 0.3) is 0 Å². The maximum Gasteiger partial charge on any atom is 0.247 e. The fourth-order valence-corrected chi connectivity index (χ4v) is 3.26. The third-order valence-corrected chi connectivity index (χ3v) is 4.49. The van der Waals surface area contributed by atoms with Crippen LogP contribution in [0.15, 0.2) is 24.3 Å². The third kappa shape index (κ3) is 3.57. The van der Waals surface area contributed by atoms with Crippen molar-refractivity contribution >= 4 is 5.91 Å². The number of rotatable bonds is 2. The lowest BCUT2D eigenvalue weighted by atomic mass is 9.95. The minimum Gasteiger partial charge on any atom is -0.486 e. The molecule has 140 valence electrons. The summed E-state index contributed by atoms with van der Waals surface area (Å²) in [5.74, 6) is 1.51. The molecule has 1 amide bonds. The Morgan fingerprint density at radius 1 is 1.27 bits per heavy atom. The van der Waals surface area contributed by atoms with Crippen molar-refractivity contribution < 1.29 is 9.53 Å². The minimum absolute atomic E-state index is 0.0174. The van der Waals surface area contributed by atoms with Crippen LogP contribution in [-0.2, 0) is 16.8 Å². The summed E-state index contributed by atoms with van der Waals surface area (Å²) in [6.07, 6.45) is 0. The van der Waals surface area contributed by atoms with Crippen LogP contribution in [0.4, 0.5) is 0 Å². The van der Waals surface area contributed by atoms with Crippen molar-refractivity contribution in [3.8, 4) is 5.75 Å². The smallest absolute Gasteiger partial charge is 0.247 e. The Kier molecular flexibility index (Phi) is 4.50. The third-order valence-electron chi connectivity index (χ3n) is 4.49. The summed E-state index contributed by atoms with van der Waals surface area (Å²) in [6.45, 7) is 12.9. The second-order valence-electron chi connectivity index (χ2n) is 8.54. The Morgan fingerprint density at radius 3 is 2.65 bits per heavy atom. The van der Waals surface area contributed by atoms with E-state index in [2.05, 4.69) is 15.5 Å². The van der Waals surface area contributed by atoms with Gasteiger partial charge in [-0.3, -0.25) is 4.79 Å². The largest absolute Gasteiger partial charge is 0.486 e. The number of hydrogen-bond donors (Lipinski definition) is 0. The maximum absolute atomic E-state index is 13.3. The van der Waals surface area contributed by atoms with Crippen LogP contribution >= 0.6 is 0 Å². The molecule has 1 aromatic heterocycles. The number of hydrogen-bond acceptors (Lipinski definition) is 5. The molecular weight excluding hydrogens is 330 g/mol. The molecule has 7 nitrogen and oxygen atoms in total. The summed E-state index contributed by atoms with van der Waals surface area (Å²) in [5.41, 5.74) is 0.285. The molecule has 0 bridgehead atoms. The van der Waals surface area contributed by atoms with Crippen LogP contribution in [-0.4, -0.2) is 43.2 Å². The van der Waals surface area contributed by atoms with E-state index >= 15 is 0 Å². The van der Waals surface area contributed by atoms with Crippen LogP contribution in [0.1, 0.15) is 59.0 Å². The fraction of sp³-hybridized carbons (Fsp3) is 0.579. The molecule has 1 aromatic carbocycles. The number of carbonyl (C=O) groups excluding carboxylic acids is 1. The summed E-state index contributed by atoms with van der Waals surface area (Å²) in [7, 11) is 0. The summed E-state index contributed by atoms with van der Waals surface area (Å²) >= 11 is 0. The van der Waals surface area contributed by atoms with E-state index in [1.807, 2.05) is 70.7 Å². The highest BCUT2D eigenvalue weighted by Gasteiger charge is 2.35. The van der Waals surface area contributed by atoms with Crippen molar-refractivity contribution in [1.82, 2.24) is 25.1 Å². The number of aromatic nitrogens is 4. The van der Waals surface area contributed by atoms with E-state index in [-0.39, 0.29) is 11.3 Å². The first-order valence-corrected chi connectivity index (χ1v) is 8.92. The average Bonchev–Trinajstić information content (AvgIpc) is 2.99. The molecule has 3 rings (SSSR count). The molecule has 2 aromatic rings. The van der Waals surface area contributed by atoms with E-state index < -0.39 is 11.6 Å². The first kappa shape index (κ1) is 18.4. The van der Waals surface area contributed by atoms with Gasteiger partial charge in [-0.2, -0.15) is 0 Å². The lowest BCUT2D eigenvalue weighted by Gasteiger charge is -2.31. The van der Waals surface area contributed by atoms with Crippen molar-refractivity contribution in [1.29, 1.82) is 0 Å². The van der Waals surface area contributed by atoms with Gasteiger partial charge in [-0.25, -0.2) is 4.68 Å². The zero-order valence-corrected chi connectivity index (χ0v) is 16.4. The van der Waals surface area contributed by atoms with Gasteiger partial charge in [-0.05, 0) is 37.3 Å². The molecule has 0 spiro atoms. The first-order chi connectivity index (χ1) is 12.1. The molecule has 0 saturated carbocycles. The van der Waals surface area contributed by atoms with Crippen LogP contribution < -0.4 is 4.74 Å². The highest BCUT2D eigenvalue weighted by molar-refractivity contribution is 5.80. The molecule has 0 radical (unpaired) electrons. The topological polar surface area (TPSA) is 73.1 Å². The molecule has 2 heterocycles. The number of tetrazole rings is 1. The highest BCUT2D eigenvalue weighted by Crippen LogP contribution is 2.30. The molecule has 1 aliphatic rings. The molecule has 7 heteroatoms. The van der Waals surface area contributed by atoms with Gasteiger partial charge in [-0.15, -0.1) is 5.10 Å². The van der Waals surface area contributed by atoms with Crippen molar-refractivity contribution in [3.05, 3.63) is 35.7 Å². The second kappa shape index (κ2) is 6.37. The number of para-hydroxylation sites is 1. The van der Waals surface area contributed by atoms with E-state index in [1.165, 1.54) is 0 Å². The lowest BCUT2D eigenvalue weighted by molar-refractivity contribution is -0.137. The van der Waals surface area contributed by atoms with Gasteiger partial charge >= 0.3 is 0 Å². The molecule has 0 fully saturated rings. The van der Waals surface area contributed by atoms with Gasteiger partial charge < -0.3 is 9.64 Å². The summed E-state index contributed by atoms with van der Waals surface area (Å²) in [4.78, 5) is 15.1. The lowest BCUT2D eigenvalue weighted by Crippen LogP contribution is -2.45. The maximum atomic E-state index is 13.3. The number of ether oxygens (including phenoxy) is 1. The molecule has 26 heavy (non-hydrogen) atoms. The van der Waals surface area contributed by atoms with Crippen LogP contribution in [0.25, 0.3) is 0 Å². The SMILES string of the molecule is CC(C(=O)N1Cc2ccccc2OC(C)(C)C1)n1nnnc1C(C)(C)C. The normalized spacial score (nSPS) is 17.8. The molecule has 0 N–H and O–H groups in total. The van der Waals surface area contributed by atoms with Crippen LogP contribution in [0.3, 0.4) is 0 Å². The first-order valence-electron chi connectivity index (χ1n) is 8.92. The van der Waals surface area contributed by atoms with Crippen molar-refractivity contribution in [2.45, 2.75) is 65.1 Å². The number of nitrogens with zero attached hydrogens (tertiary/aromatic N) is 5. The quantitative estimate of drug-likeness (QED) is 0.826. The fourth-order valence-electron chi connectivity index (χ4n) is 3.26. The van der Waals surface area contributed by atoms with Gasteiger partial charge in [0.1, 0.15) is 17.4 Å². The highest BCUT2D eigenvalue weighted by atomic mass is 16.5. The van der Waals surface area contributed by atoms with Crippen LogP contribution in [0.5, 0.6) is 5.75 Å². The monoisotopic (exact) mass is 357 g/mol. The van der Waals surface area contributed by atoms with Crippen molar-refractivity contribution in [2.75, 3.05) is 6.54 Å². The Hall–Kier alpha value is -2.44. The van der Waals surface area contributed by atoms with Gasteiger partial charge in [0, 0.05) is 17.5 Å². The van der Waals surface area contributed by atoms with Gasteiger partial charge in [-0.1, -0.05) is 39.0 Å². The minimum atomic E-state index is -0.486. The van der Waals surface area contributed by atoms with Gasteiger partial charge in [0.05, 0.1) is 6.54 Å². The van der Waals surface area contributed by atoms with E-state index in [0.717, 1.165) is 11.3 Å². The van der Waals surface area contributed by atoms with Crippen molar-refractivity contribution in [3.63, 3.8) is 0 Å². The number of carbonyl (C=O) groups is 1. The average molecular weight is 357 g/mol. The van der Waals surface area contributed by atoms with E-state index in [9.17, 15) is 4.79 Å². The van der Waals surface area contributed by atoms with Gasteiger partial charge in [0.2, 0.25) is 5.91 Å². The molecule has 1 unspecified atom stereocenters. The standard InChI is InChI=1S/C19H27N5O2/c1-13(24-17(18(2,3)4)20-21-22-24)16(25)23-11-14-9-7-8-10-15(14)26-19(5,6)12-23/h7-10,13H,11-12H2,1-6H3. The van der Waals surface area contributed by atoms with E-state index in [0.29, 0.717) is 18.9 Å².